The van der Waals surface area contributed by atoms with Gasteiger partial charge < -0.3 is 19.8 Å². The van der Waals surface area contributed by atoms with E-state index in [1.165, 1.54) is 35.6 Å². The molecule has 0 saturated carbocycles. The number of benzene rings is 1. The highest BCUT2D eigenvalue weighted by Gasteiger charge is 2.34. The van der Waals surface area contributed by atoms with Crippen molar-refractivity contribution in [2.24, 2.45) is 5.92 Å². The number of piperidine rings is 1. The summed E-state index contributed by atoms with van der Waals surface area (Å²) in [6.45, 7) is 1.99. The minimum Gasteiger partial charge on any atom is -0.460 e. The zero-order valence-corrected chi connectivity index (χ0v) is 19.7. The van der Waals surface area contributed by atoms with Crippen LogP contribution in [-0.4, -0.2) is 57.3 Å². The summed E-state index contributed by atoms with van der Waals surface area (Å²) in [6, 6.07) is 7.06. The number of halogens is 1. The van der Waals surface area contributed by atoms with Crippen LogP contribution >= 0.6 is 11.6 Å². The second-order valence-corrected chi connectivity index (χ2v) is 9.56. The topological polar surface area (TPSA) is 135 Å². The minimum absolute atomic E-state index is 0.111. The van der Waals surface area contributed by atoms with Crippen LogP contribution in [0.2, 0.25) is 5.02 Å². The van der Waals surface area contributed by atoms with Gasteiger partial charge in [0.1, 0.15) is 0 Å². The molecule has 1 aliphatic rings. The van der Waals surface area contributed by atoms with Crippen molar-refractivity contribution in [2.75, 3.05) is 32.1 Å². The number of nitrogens with one attached hydrogen (secondary N) is 2. The molecule has 2 amide bonds. The number of furan rings is 1. The van der Waals surface area contributed by atoms with Gasteiger partial charge in [0.15, 0.2) is 0 Å². The summed E-state index contributed by atoms with van der Waals surface area (Å²) in [7, 11) is -2.47. The molecule has 1 fully saturated rings. The van der Waals surface area contributed by atoms with Crippen molar-refractivity contribution >= 4 is 45.1 Å². The molecule has 0 atom stereocenters. The van der Waals surface area contributed by atoms with Gasteiger partial charge >= 0.3 is 5.97 Å². The number of nitrogens with zero attached hydrogens (tertiary/aromatic N) is 1. The van der Waals surface area contributed by atoms with Gasteiger partial charge in [-0.05, 0) is 50.1 Å². The molecule has 0 aliphatic carbocycles. The quantitative estimate of drug-likeness (QED) is 0.561. The van der Waals surface area contributed by atoms with Crippen molar-refractivity contribution in [1.82, 2.24) is 9.62 Å². The number of rotatable bonds is 7. The van der Waals surface area contributed by atoms with Crippen molar-refractivity contribution in [3.05, 3.63) is 46.7 Å². The first-order valence-corrected chi connectivity index (χ1v) is 12.1. The van der Waals surface area contributed by atoms with E-state index in [1.807, 2.05) is 0 Å². The number of hydrogen-bond acceptors (Lipinski definition) is 7. The summed E-state index contributed by atoms with van der Waals surface area (Å²) >= 11 is 6.03. The maximum atomic E-state index is 12.8. The molecule has 2 N–H and O–H groups in total. The van der Waals surface area contributed by atoms with E-state index in [-0.39, 0.29) is 52.9 Å². The van der Waals surface area contributed by atoms with Crippen molar-refractivity contribution in [2.45, 2.75) is 24.9 Å². The molecule has 1 aromatic heterocycles. The van der Waals surface area contributed by atoms with E-state index in [0.29, 0.717) is 18.5 Å². The normalized spacial score (nSPS) is 15.1. The molecular formula is C21H24ClN3O7S. The first-order valence-electron chi connectivity index (χ1n) is 10.3. The number of hydrogen-bond donors (Lipinski definition) is 2. The highest BCUT2D eigenvalue weighted by molar-refractivity contribution is 7.89. The van der Waals surface area contributed by atoms with Gasteiger partial charge in [-0.15, -0.1) is 0 Å². The molecular weight excluding hydrogens is 474 g/mol. The van der Waals surface area contributed by atoms with Gasteiger partial charge in [-0.3, -0.25) is 9.59 Å². The molecule has 10 nitrogen and oxygen atoms in total. The van der Waals surface area contributed by atoms with Crippen LogP contribution in [0.25, 0.3) is 0 Å². The molecule has 1 aromatic carbocycles. The van der Waals surface area contributed by atoms with Crippen LogP contribution in [0.15, 0.2) is 39.8 Å². The zero-order chi connectivity index (χ0) is 24.2. The number of ether oxygens (including phenoxy) is 1. The van der Waals surface area contributed by atoms with Crippen LogP contribution in [-0.2, 0) is 19.6 Å². The van der Waals surface area contributed by atoms with Gasteiger partial charge in [0, 0.05) is 31.7 Å². The van der Waals surface area contributed by atoms with Gasteiger partial charge in [-0.1, -0.05) is 11.6 Å². The van der Waals surface area contributed by atoms with Gasteiger partial charge in [0.05, 0.1) is 17.2 Å². The first kappa shape index (κ1) is 24.7. The van der Waals surface area contributed by atoms with E-state index >= 15 is 0 Å². The highest BCUT2D eigenvalue weighted by Crippen LogP contribution is 2.27. The third-order valence-electron chi connectivity index (χ3n) is 5.18. The van der Waals surface area contributed by atoms with E-state index in [1.54, 1.807) is 13.0 Å². The van der Waals surface area contributed by atoms with Crippen LogP contribution in [0.3, 0.4) is 0 Å². The molecule has 33 heavy (non-hydrogen) atoms. The lowest BCUT2D eigenvalue weighted by Gasteiger charge is -2.29. The maximum Gasteiger partial charge on any atom is 0.374 e. The molecule has 2 heterocycles. The SMILES string of the molecule is CCOC(=O)c1ccc(S(=O)(=O)N2CCC(C(=O)Nc3ccc(Cl)c(C(=O)NC)c3)CC2)o1. The Labute approximate surface area is 196 Å². The van der Waals surface area contributed by atoms with E-state index < -0.39 is 21.9 Å². The molecule has 0 unspecified atom stereocenters. The Hall–Kier alpha value is -2.89. The minimum atomic E-state index is -3.95. The molecule has 1 saturated heterocycles. The standard InChI is InChI=1S/C21H24ClN3O7S/c1-3-31-21(28)17-6-7-18(32-17)33(29,30)25-10-8-13(9-11-25)19(26)24-14-4-5-16(22)15(12-14)20(27)23-2/h4-7,12-13H,3,8-11H2,1-2H3,(H,23,27)(H,24,26). The number of carbonyl (C=O) groups excluding carboxylic acids is 3. The number of carbonyl (C=O) groups is 3. The van der Waals surface area contributed by atoms with E-state index in [0.717, 1.165) is 0 Å². The summed E-state index contributed by atoms with van der Waals surface area (Å²) in [4.78, 5) is 36.3. The van der Waals surface area contributed by atoms with Crippen LogP contribution in [0, 0.1) is 5.92 Å². The van der Waals surface area contributed by atoms with Crippen molar-refractivity contribution in [3.8, 4) is 0 Å². The first-order chi connectivity index (χ1) is 15.7. The number of anilines is 1. The Bertz CT molecular complexity index is 1150. The Morgan fingerprint density at radius 3 is 2.52 bits per heavy atom. The third-order valence-corrected chi connectivity index (χ3v) is 7.28. The number of esters is 1. The van der Waals surface area contributed by atoms with Crippen molar-refractivity contribution in [1.29, 1.82) is 0 Å². The number of amides is 2. The Balaban J connectivity index is 1.62. The summed E-state index contributed by atoms with van der Waals surface area (Å²) in [5.74, 6) is -2.00. The molecule has 3 rings (SSSR count). The average Bonchev–Trinajstić information content (AvgIpc) is 3.31. The fourth-order valence-corrected chi connectivity index (χ4v) is 5.00. The van der Waals surface area contributed by atoms with Gasteiger partial charge in [-0.25, -0.2) is 13.2 Å². The van der Waals surface area contributed by atoms with Crippen LogP contribution in [0.1, 0.15) is 40.7 Å². The zero-order valence-electron chi connectivity index (χ0n) is 18.1. The lowest BCUT2D eigenvalue weighted by atomic mass is 9.97. The van der Waals surface area contributed by atoms with E-state index in [4.69, 9.17) is 20.8 Å². The average molecular weight is 498 g/mol. The number of sulfonamides is 1. The predicted octanol–water partition coefficient (Wildman–Crippen LogP) is 2.51. The van der Waals surface area contributed by atoms with Gasteiger partial charge in [0.25, 0.3) is 15.9 Å². The summed E-state index contributed by atoms with van der Waals surface area (Å²) < 4.78 is 36.9. The van der Waals surface area contributed by atoms with E-state index in [9.17, 15) is 22.8 Å². The van der Waals surface area contributed by atoms with E-state index in [2.05, 4.69) is 10.6 Å². The second-order valence-electron chi connectivity index (χ2n) is 7.28. The van der Waals surface area contributed by atoms with Gasteiger partial charge in [-0.2, -0.15) is 4.31 Å². The van der Waals surface area contributed by atoms with Crippen LogP contribution in [0.4, 0.5) is 5.69 Å². The molecule has 2 aromatic rings. The Morgan fingerprint density at radius 2 is 1.88 bits per heavy atom. The van der Waals surface area contributed by atoms with Gasteiger partial charge in [0.2, 0.25) is 16.8 Å². The molecule has 0 bridgehead atoms. The molecule has 1 aliphatic heterocycles. The summed E-state index contributed by atoms with van der Waals surface area (Å²) in [5.41, 5.74) is 0.652. The third kappa shape index (κ3) is 5.55. The van der Waals surface area contributed by atoms with Crippen molar-refractivity contribution < 1.29 is 32.0 Å². The Morgan fingerprint density at radius 1 is 1.18 bits per heavy atom. The fourth-order valence-electron chi connectivity index (χ4n) is 3.41. The molecule has 12 heteroatoms. The fraction of sp³-hybridized carbons (Fsp3) is 0.381. The lowest BCUT2D eigenvalue weighted by Crippen LogP contribution is -2.41. The second kappa shape index (κ2) is 10.4. The van der Waals surface area contributed by atoms with Crippen LogP contribution in [0.5, 0.6) is 0 Å². The highest BCUT2D eigenvalue weighted by atomic mass is 35.5. The van der Waals surface area contributed by atoms with Crippen LogP contribution < -0.4 is 10.6 Å². The summed E-state index contributed by atoms with van der Waals surface area (Å²) in [6.07, 6.45) is 0.596. The molecule has 0 spiro atoms. The monoisotopic (exact) mass is 497 g/mol. The smallest absolute Gasteiger partial charge is 0.374 e. The predicted molar refractivity (Wildman–Crippen MR) is 120 cm³/mol. The largest absolute Gasteiger partial charge is 0.460 e. The molecule has 0 radical (unpaired) electrons. The molecule has 178 valence electrons. The lowest BCUT2D eigenvalue weighted by molar-refractivity contribution is -0.120. The van der Waals surface area contributed by atoms with Crippen molar-refractivity contribution in [3.63, 3.8) is 0 Å². The summed E-state index contributed by atoms with van der Waals surface area (Å²) in [5, 5.41) is 5.14. The maximum absolute atomic E-state index is 12.8. The Kier molecular flexibility index (Phi) is 7.77.